The Kier molecular flexibility index (Phi) is 6.70. The first kappa shape index (κ1) is 15.0. The molecule has 1 N–H and O–H groups in total. The minimum atomic E-state index is 0.696. The summed E-state index contributed by atoms with van der Waals surface area (Å²) in [5.41, 5.74) is 0. The van der Waals surface area contributed by atoms with Crippen molar-refractivity contribution in [2.45, 2.75) is 49.7 Å². The number of hydrogen-bond acceptors (Lipinski definition) is 4. The molecular weight excluding hydrogens is 262 g/mol. The minimum absolute atomic E-state index is 0.696. The summed E-state index contributed by atoms with van der Waals surface area (Å²) in [6.45, 7) is 7.78. The average Bonchev–Trinajstić information content (AvgIpc) is 2.42. The van der Waals surface area contributed by atoms with Crippen molar-refractivity contribution in [3.05, 3.63) is 0 Å². The van der Waals surface area contributed by atoms with Crippen LogP contribution < -0.4 is 5.32 Å². The molecule has 2 aliphatic heterocycles. The fourth-order valence-corrected chi connectivity index (χ4v) is 6.02. The van der Waals surface area contributed by atoms with Crippen LogP contribution in [-0.2, 0) is 4.74 Å². The normalized spacial score (nSPS) is 32.3. The Morgan fingerprint density at radius 1 is 1.22 bits per heavy atom. The molecule has 0 saturated carbocycles. The van der Waals surface area contributed by atoms with E-state index in [2.05, 4.69) is 42.7 Å². The van der Waals surface area contributed by atoms with Gasteiger partial charge in [0.1, 0.15) is 0 Å². The van der Waals surface area contributed by atoms with Crippen molar-refractivity contribution in [1.82, 2.24) is 5.32 Å². The van der Waals surface area contributed by atoms with Crippen LogP contribution in [0.2, 0.25) is 0 Å². The highest BCUT2D eigenvalue weighted by Crippen LogP contribution is 2.37. The van der Waals surface area contributed by atoms with Gasteiger partial charge in [-0.2, -0.15) is 23.5 Å². The molecule has 2 rings (SSSR count). The molecule has 0 aromatic rings. The van der Waals surface area contributed by atoms with Gasteiger partial charge in [0.25, 0.3) is 0 Å². The van der Waals surface area contributed by atoms with Crippen LogP contribution in [-0.4, -0.2) is 47.8 Å². The first-order chi connectivity index (χ1) is 8.83. The smallest absolute Gasteiger partial charge is 0.0469 e. The summed E-state index contributed by atoms with van der Waals surface area (Å²) in [6, 6.07) is 0.696. The van der Waals surface area contributed by atoms with E-state index in [1.807, 2.05) is 0 Å². The van der Waals surface area contributed by atoms with Crippen LogP contribution in [0.25, 0.3) is 0 Å². The Hall–Kier alpha value is 0.620. The van der Waals surface area contributed by atoms with Crippen molar-refractivity contribution in [3.8, 4) is 0 Å². The summed E-state index contributed by atoms with van der Waals surface area (Å²) in [4.78, 5) is 0. The van der Waals surface area contributed by atoms with Gasteiger partial charge < -0.3 is 10.1 Å². The van der Waals surface area contributed by atoms with Crippen molar-refractivity contribution in [1.29, 1.82) is 0 Å². The minimum Gasteiger partial charge on any atom is -0.381 e. The fourth-order valence-electron chi connectivity index (χ4n) is 2.98. The fraction of sp³-hybridized carbons (Fsp3) is 1.00. The van der Waals surface area contributed by atoms with Gasteiger partial charge in [0.05, 0.1) is 0 Å². The van der Waals surface area contributed by atoms with Gasteiger partial charge >= 0.3 is 0 Å². The molecule has 0 aromatic heterocycles. The third-order valence-electron chi connectivity index (χ3n) is 3.99. The van der Waals surface area contributed by atoms with Crippen LogP contribution in [0.15, 0.2) is 0 Å². The van der Waals surface area contributed by atoms with Gasteiger partial charge in [0, 0.05) is 41.3 Å². The van der Waals surface area contributed by atoms with Gasteiger partial charge in [-0.3, -0.25) is 0 Å². The van der Waals surface area contributed by atoms with E-state index < -0.39 is 0 Å². The summed E-state index contributed by atoms with van der Waals surface area (Å²) < 4.78 is 5.53. The van der Waals surface area contributed by atoms with Crippen molar-refractivity contribution in [3.63, 3.8) is 0 Å². The van der Waals surface area contributed by atoms with E-state index in [0.717, 1.165) is 36.2 Å². The zero-order chi connectivity index (χ0) is 12.8. The van der Waals surface area contributed by atoms with Gasteiger partial charge in [0.15, 0.2) is 0 Å². The topological polar surface area (TPSA) is 21.3 Å². The van der Waals surface area contributed by atoms with Crippen LogP contribution >= 0.6 is 23.5 Å². The second-order valence-electron chi connectivity index (χ2n) is 5.34. The van der Waals surface area contributed by atoms with E-state index in [1.54, 1.807) is 0 Å². The molecule has 2 saturated heterocycles. The molecule has 2 fully saturated rings. The maximum Gasteiger partial charge on any atom is 0.0469 e. The molecule has 0 spiro atoms. The molecule has 106 valence electrons. The van der Waals surface area contributed by atoms with Gasteiger partial charge in [-0.15, -0.1) is 0 Å². The highest BCUT2D eigenvalue weighted by molar-refractivity contribution is 8.07. The molecule has 2 nitrogen and oxygen atoms in total. The van der Waals surface area contributed by atoms with Crippen LogP contribution in [0.3, 0.4) is 0 Å². The lowest BCUT2D eigenvalue weighted by Gasteiger charge is -2.40. The summed E-state index contributed by atoms with van der Waals surface area (Å²) in [6.07, 6.45) is 3.73. The van der Waals surface area contributed by atoms with E-state index in [-0.39, 0.29) is 0 Å². The Labute approximate surface area is 120 Å². The van der Waals surface area contributed by atoms with Crippen LogP contribution in [0, 0.1) is 5.92 Å². The number of hydrogen-bond donors (Lipinski definition) is 1. The molecular formula is C14H27NOS2. The third-order valence-corrected chi connectivity index (χ3v) is 7.21. The first-order valence-corrected chi connectivity index (χ1v) is 9.47. The molecule has 0 amide bonds. The standard InChI is InChI=1S/C14H27NOS2/c1-3-6-15-13(12-4-7-16-8-5-12)14-11(2)17-9-10-18-14/h11-15H,3-10H2,1-2H3. The molecule has 3 atom stereocenters. The predicted molar refractivity (Wildman–Crippen MR) is 83.8 cm³/mol. The lowest BCUT2D eigenvalue weighted by atomic mass is 9.88. The Balaban J connectivity index is 1.97. The maximum atomic E-state index is 5.53. The Morgan fingerprint density at radius 3 is 2.61 bits per heavy atom. The molecule has 0 radical (unpaired) electrons. The zero-order valence-electron chi connectivity index (χ0n) is 11.7. The summed E-state index contributed by atoms with van der Waals surface area (Å²) in [7, 11) is 0. The highest BCUT2D eigenvalue weighted by atomic mass is 32.2. The van der Waals surface area contributed by atoms with Crippen molar-refractivity contribution >= 4 is 23.5 Å². The van der Waals surface area contributed by atoms with Crippen LogP contribution in [0.5, 0.6) is 0 Å². The van der Waals surface area contributed by atoms with Crippen LogP contribution in [0.4, 0.5) is 0 Å². The van der Waals surface area contributed by atoms with Gasteiger partial charge in [-0.05, 0) is 31.7 Å². The Morgan fingerprint density at radius 2 is 1.94 bits per heavy atom. The number of nitrogens with one attached hydrogen (secondary N) is 1. The lowest BCUT2D eigenvalue weighted by molar-refractivity contribution is 0.0534. The molecule has 0 aromatic carbocycles. The second kappa shape index (κ2) is 8.03. The molecule has 2 aliphatic rings. The largest absolute Gasteiger partial charge is 0.381 e. The SMILES string of the molecule is CCCNC(C1CCOCC1)C1SCCSC1C. The van der Waals surface area contributed by atoms with E-state index >= 15 is 0 Å². The number of thioether (sulfide) groups is 2. The molecule has 18 heavy (non-hydrogen) atoms. The maximum absolute atomic E-state index is 5.53. The third kappa shape index (κ3) is 4.06. The van der Waals surface area contributed by atoms with Gasteiger partial charge in [-0.25, -0.2) is 0 Å². The molecule has 0 aliphatic carbocycles. The zero-order valence-corrected chi connectivity index (χ0v) is 13.3. The highest BCUT2D eigenvalue weighted by Gasteiger charge is 2.35. The number of ether oxygens (including phenoxy) is 1. The Bertz CT molecular complexity index is 234. The molecule has 2 heterocycles. The molecule has 0 bridgehead atoms. The van der Waals surface area contributed by atoms with Gasteiger partial charge in [0.2, 0.25) is 0 Å². The summed E-state index contributed by atoms with van der Waals surface area (Å²) >= 11 is 4.36. The first-order valence-electron chi connectivity index (χ1n) is 7.37. The molecule has 3 unspecified atom stereocenters. The van der Waals surface area contributed by atoms with Gasteiger partial charge in [-0.1, -0.05) is 13.8 Å². The quantitative estimate of drug-likeness (QED) is 0.839. The summed E-state index contributed by atoms with van der Waals surface area (Å²) in [5.74, 6) is 3.48. The van der Waals surface area contributed by atoms with Crippen LogP contribution in [0.1, 0.15) is 33.1 Å². The van der Waals surface area contributed by atoms with E-state index in [1.165, 1.54) is 30.8 Å². The summed E-state index contributed by atoms with van der Waals surface area (Å²) in [5, 5.41) is 5.43. The monoisotopic (exact) mass is 289 g/mol. The predicted octanol–water partition coefficient (Wildman–Crippen LogP) is 3.02. The van der Waals surface area contributed by atoms with Crippen molar-refractivity contribution in [2.75, 3.05) is 31.3 Å². The van der Waals surface area contributed by atoms with Crippen molar-refractivity contribution < 1.29 is 4.74 Å². The second-order valence-corrected chi connectivity index (χ2v) is 8.11. The lowest BCUT2D eigenvalue weighted by Crippen LogP contribution is -2.50. The molecule has 4 heteroatoms. The van der Waals surface area contributed by atoms with Crippen molar-refractivity contribution in [2.24, 2.45) is 5.92 Å². The van der Waals surface area contributed by atoms with E-state index in [9.17, 15) is 0 Å². The average molecular weight is 290 g/mol. The van der Waals surface area contributed by atoms with E-state index in [0.29, 0.717) is 6.04 Å². The van der Waals surface area contributed by atoms with E-state index in [4.69, 9.17) is 4.74 Å². The number of rotatable bonds is 5.